The normalized spacial score (nSPS) is 19.0. The van der Waals surface area contributed by atoms with Crippen molar-refractivity contribution in [2.24, 2.45) is 11.8 Å². The largest absolute Gasteiger partial charge is 0.390 e. The highest BCUT2D eigenvalue weighted by Gasteiger charge is 2.35. The molecule has 2 fully saturated rings. The SMILES string of the molecule is O=C(N[C@@H](Cc1cnc[nH]1)C(=O)N(CCC(F)(F)F)CC1CC1)C1CCCCC1. The predicted octanol–water partition coefficient (Wildman–Crippen LogP) is 3.21. The number of carbonyl (C=O) groups is 2. The third-order valence-electron chi connectivity index (χ3n) is 5.72. The van der Waals surface area contributed by atoms with Crippen molar-refractivity contribution in [3.8, 4) is 0 Å². The molecule has 1 atom stereocenters. The Labute approximate surface area is 168 Å². The molecule has 2 N–H and O–H groups in total. The zero-order valence-electron chi connectivity index (χ0n) is 16.5. The van der Waals surface area contributed by atoms with E-state index in [1.807, 2.05) is 0 Å². The minimum absolute atomic E-state index is 0.132. The van der Waals surface area contributed by atoms with Gasteiger partial charge in [0.2, 0.25) is 11.8 Å². The molecule has 2 aliphatic carbocycles. The summed E-state index contributed by atoms with van der Waals surface area (Å²) < 4.78 is 38.3. The molecule has 0 bridgehead atoms. The number of carbonyl (C=O) groups excluding carboxylic acids is 2. The molecule has 9 heteroatoms. The summed E-state index contributed by atoms with van der Waals surface area (Å²) in [5.74, 6) is -0.494. The first-order chi connectivity index (χ1) is 13.8. The number of imidazole rings is 1. The number of nitrogens with zero attached hydrogens (tertiary/aromatic N) is 2. The van der Waals surface area contributed by atoms with Crippen molar-refractivity contribution in [2.45, 2.75) is 70.0 Å². The van der Waals surface area contributed by atoms with Gasteiger partial charge < -0.3 is 15.2 Å². The summed E-state index contributed by atoms with van der Waals surface area (Å²) >= 11 is 0. The maximum atomic E-state index is 13.2. The lowest BCUT2D eigenvalue weighted by atomic mass is 9.88. The van der Waals surface area contributed by atoms with Crippen LogP contribution < -0.4 is 5.32 Å². The molecule has 0 radical (unpaired) electrons. The van der Waals surface area contributed by atoms with Crippen LogP contribution in [0, 0.1) is 11.8 Å². The number of alkyl halides is 3. The minimum Gasteiger partial charge on any atom is -0.348 e. The maximum Gasteiger partial charge on any atom is 0.390 e. The summed E-state index contributed by atoms with van der Waals surface area (Å²) in [6, 6.07) is -0.892. The summed E-state index contributed by atoms with van der Waals surface area (Å²) in [6.07, 6.45) is 4.35. The van der Waals surface area contributed by atoms with Crippen LogP contribution in [0.1, 0.15) is 57.1 Å². The van der Waals surface area contributed by atoms with Crippen LogP contribution in [0.25, 0.3) is 0 Å². The van der Waals surface area contributed by atoms with E-state index in [0.29, 0.717) is 12.2 Å². The Morgan fingerprint density at radius 1 is 1.21 bits per heavy atom. The van der Waals surface area contributed by atoms with E-state index in [4.69, 9.17) is 0 Å². The van der Waals surface area contributed by atoms with E-state index in [-0.39, 0.29) is 30.7 Å². The molecule has 6 nitrogen and oxygen atoms in total. The summed E-state index contributed by atoms with van der Waals surface area (Å²) in [5.41, 5.74) is 0.662. The highest BCUT2D eigenvalue weighted by Crippen LogP contribution is 2.31. The molecule has 2 saturated carbocycles. The molecule has 0 unspecified atom stereocenters. The van der Waals surface area contributed by atoms with Crippen LogP contribution in [0.3, 0.4) is 0 Å². The molecular weight excluding hydrogens is 385 g/mol. The second kappa shape index (κ2) is 9.63. The summed E-state index contributed by atoms with van der Waals surface area (Å²) in [5, 5.41) is 2.84. The molecule has 29 heavy (non-hydrogen) atoms. The van der Waals surface area contributed by atoms with E-state index < -0.39 is 24.5 Å². The number of halogens is 3. The number of rotatable bonds is 9. The van der Waals surface area contributed by atoms with Gasteiger partial charge in [-0.2, -0.15) is 13.2 Å². The molecule has 162 valence electrons. The predicted molar refractivity (Wildman–Crippen MR) is 101 cm³/mol. The summed E-state index contributed by atoms with van der Waals surface area (Å²) in [7, 11) is 0. The lowest BCUT2D eigenvalue weighted by Crippen LogP contribution is -2.52. The quantitative estimate of drug-likeness (QED) is 0.651. The van der Waals surface area contributed by atoms with Crippen molar-refractivity contribution in [1.29, 1.82) is 0 Å². The number of aromatic nitrogens is 2. The molecule has 1 aromatic heterocycles. The molecule has 0 aromatic carbocycles. The van der Waals surface area contributed by atoms with Crippen LogP contribution in [-0.4, -0.2) is 52.0 Å². The van der Waals surface area contributed by atoms with E-state index in [1.54, 1.807) is 6.20 Å². The highest BCUT2D eigenvalue weighted by molar-refractivity contribution is 5.88. The zero-order valence-corrected chi connectivity index (χ0v) is 16.5. The molecular formula is C20H29F3N4O2. The van der Waals surface area contributed by atoms with Gasteiger partial charge in [-0.15, -0.1) is 0 Å². The average Bonchev–Trinajstić information content (AvgIpc) is 3.36. The Bertz CT molecular complexity index is 668. The van der Waals surface area contributed by atoms with Crippen molar-refractivity contribution in [2.75, 3.05) is 13.1 Å². The fourth-order valence-electron chi connectivity index (χ4n) is 3.86. The van der Waals surface area contributed by atoms with E-state index in [2.05, 4.69) is 15.3 Å². The molecule has 1 heterocycles. The highest BCUT2D eigenvalue weighted by atomic mass is 19.4. The standard InChI is InChI=1S/C20H29F3N4O2/c21-20(22,23)8-9-27(12-14-6-7-14)19(29)17(10-16-11-24-13-25-16)26-18(28)15-4-2-1-3-5-15/h11,13-15,17H,1-10,12H2,(H,24,25)(H,26,28)/t17-/m0/s1. The lowest BCUT2D eigenvalue weighted by molar-refractivity contribution is -0.148. The van der Waals surface area contributed by atoms with E-state index in [0.717, 1.165) is 44.9 Å². The van der Waals surface area contributed by atoms with Crippen molar-refractivity contribution in [3.63, 3.8) is 0 Å². The number of hydrogen-bond acceptors (Lipinski definition) is 3. The maximum absolute atomic E-state index is 13.2. The topological polar surface area (TPSA) is 78.1 Å². The molecule has 2 amide bonds. The van der Waals surface area contributed by atoms with Gasteiger partial charge in [-0.1, -0.05) is 19.3 Å². The van der Waals surface area contributed by atoms with Gasteiger partial charge in [-0.05, 0) is 31.6 Å². The Kier molecular flexibility index (Phi) is 7.18. The van der Waals surface area contributed by atoms with Gasteiger partial charge in [0.25, 0.3) is 0 Å². The van der Waals surface area contributed by atoms with E-state index in [9.17, 15) is 22.8 Å². The monoisotopic (exact) mass is 414 g/mol. The number of H-pyrrole nitrogens is 1. The van der Waals surface area contributed by atoms with Crippen LogP contribution in [-0.2, 0) is 16.0 Å². The molecule has 2 aliphatic rings. The molecule has 0 saturated heterocycles. The number of aromatic amines is 1. The second-order valence-electron chi connectivity index (χ2n) is 8.27. The number of nitrogens with one attached hydrogen (secondary N) is 2. The van der Waals surface area contributed by atoms with Gasteiger partial charge >= 0.3 is 6.18 Å². The second-order valence-corrected chi connectivity index (χ2v) is 8.27. The van der Waals surface area contributed by atoms with Crippen molar-refractivity contribution < 1.29 is 22.8 Å². The third-order valence-corrected chi connectivity index (χ3v) is 5.72. The van der Waals surface area contributed by atoms with E-state index >= 15 is 0 Å². The third kappa shape index (κ3) is 7.04. The smallest absolute Gasteiger partial charge is 0.348 e. The first-order valence-corrected chi connectivity index (χ1v) is 10.4. The van der Waals surface area contributed by atoms with Gasteiger partial charge in [0.1, 0.15) is 6.04 Å². The Morgan fingerprint density at radius 2 is 1.93 bits per heavy atom. The fraction of sp³-hybridized carbons (Fsp3) is 0.750. The van der Waals surface area contributed by atoms with Gasteiger partial charge in [0.05, 0.1) is 12.7 Å². The average molecular weight is 414 g/mol. The lowest BCUT2D eigenvalue weighted by Gasteiger charge is -2.30. The summed E-state index contributed by atoms with van der Waals surface area (Å²) in [6.45, 7) is -0.0642. The van der Waals surface area contributed by atoms with Gasteiger partial charge in [-0.3, -0.25) is 9.59 Å². The van der Waals surface area contributed by atoms with Gasteiger partial charge in [-0.25, -0.2) is 4.98 Å². The van der Waals surface area contributed by atoms with Crippen molar-refractivity contribution in [1.82, 2.24) is 20.2 Å². The Morgan fingerprint density at radius 3 is 2.52 bits per heavy atom. The van der Waals surface area contributed by atoms with E-state index in [1.165, 1.54) is 11.2 Å². The molecule has 1 aromatic rings. The Balaban J connectivity index is 1.70. The van der Waals surface area contributed by atoms with Crippen LogP contribution in [0.4, 0.5) is 13.2 Å². The molecule has 0 spiro atoms. The Hall–Kier alpha value is -2.06. The van der Waals surface area contributed by atoms with Crippen molar-refractivity contribution >= 4 is 11.8 Å². The summed E-state index contributed by atoms with van der Waals surface area (Å²) in [4.78, 5) is 34.0. The minimum atomic E-state index is -4.33. The van der Waals surface area contributed by atoms with Crippen LogP contribution in [0.5, 0.6) is 0 Å². The van der Waals surface area contributed by atoms with Crippen LogP contribution >= 0.6 is 0 Å². The number of amides is 2. The first-order valence-electron chi connectivity index (χ1n) is 10.4. The van der Waals surface area contributed by atoms with Gasteiger partial charge in [0, 0.05) is 37.3 Å². The number of hydrogen-bond donors (Lipinski definition) is 2. The van der Waals surface area contributed by atoms with Crippen LogP contribution in [0.2, 0.25) is 0 Å². The molecule has 0 aliphatic heterocycles. The van der Waals surface area contributed by atoms with Gasteiger partial charge in [0.15, 0.2) is 0 Å². The fourth-order valence-corrected chi connectivity index (χ4v) is 3.86. The zero-order chi connectivity index (χ0) is 20.9. The first kappa shape index (κ1) is 21.6. The van der Waals surface area contributed by atoms with Crippen molar-refractivity contribution in [3.05, 3.63) is 18.2 Å². The van der Waals surface area contributed by atoms with Crippen LogP contribution in [0.15, 0.2) is 12.5 Å². The molecule has 3 rings (SSSR count).